The first kappa shape index (κ1) is 13.9. The van der Waals surface area contributed by atoms with Gasteiger partial charge >= 0.3 is 0 Å². The van der Waals surface area contributed by atoms with Crippen LogP contribution in [-0.4, -0.2) is 32.6 Å². The summed E-state index contributed by atoms with van der Waals surface area (Å²) in [5.74, 6) is 3.13. The molecule has 3 rings (SSSR count). The van der Waals surface area contributed by atoms with Crippen LogP contribution >= 0.6 is 0 Å². The molecule has 0 amide bonds. The molecule has 3 heterocycles. The molecule has 112 valence electrons. The van der Waals surface area contributed by atoms with Crippen molar-refractivity contribution in [2.45, 2.75) is 39.8 Å². The van der Waals surface area contributed by atoms with Gasteiger partial charge in [-0.3, -0.25) is 0 Å². The standard InChI is InChI=1S/C15H22N6/c1-3-5-12-14(16-4-2)18-11-19-15(12)21-9-8-20-7-6-17-13(20)10-21/h6-7,11H,3-5,8-10H2,1-2H3,(H,16,18,19). The van der Waals surface area contributed by atoms with Gasteiger partial charge in [-0.15, -0.1) is 0 Å². The predicted octanol–water partition coefficient (Wildman–Crippen LogP) is 2.08. The average Bonchev–Trinajstić information content (AvgIpc) is 2.97. The summed E-state index contributed by atoms with van der Waals surface area (Å²) in [4.78, 5) is 15.7. The topological polar surface area (TPSA) is 58.9 Å². The lowest BCUT2D eigenvalue weighted by molar-refractivity contribution is 0.554. The zero-order chi connectivity index (χ0) is 14.7. The van der Waals surface area contributed by atoms with Gasteiger partial charge in [0.2, 0.25) is 0 Å². The number of rotatable bonds is 5. The number of anilines is 2. The van der Waals surface area contributed by atoms with E-state index in [1.54, 1.807) is 6.33 Å². The van der Waals surface area contributed by atoms with Gasteiger partial charge in [0, 0.05) is 37.6 Å². The minimum absolute atomic E-state index is 0.812. The molecular weight excluding hydrogens is 264 g/mol. The van der Waals surface area contributed by atoms with Crippen molar-refractivity contribution < 1.29 is 0 Å². The van der Waals surface area contributed by atoms with Crippen LogP contribution in [0.4, 0.5) is 11.6 Å². The molecule has 0 aliphatic carbocycles. The van der Waals surface area contributed by atoms with E-state index in [0.717, 1.165) is 56.5 Å². The Morgan fingerprint density at radius 3 is 2.90 bits per heavy atom. The van der Waals surface area contributed by atoms with Crippen molar-refractivity contribution in [1.29, 1.82) is 0 Å². The number of imidazole rings is 1. The van der Waals surface area contributed by atoms with Crippen LogP contribution in [0.25, 0.3) is 0 Å². The molecule has 0 unspecified atom stereocenters. The van der Waals surface area contributed by atoms with E-state index < -0.39 is 0 Å². The van der Waals surface area contributed by atoms with Crippen molar-refractivity contribution in [3.8, 4) is 0 Å². The maximum absolute atomic E-state index is 4.56. The molecule has 0 atom stereocenters. The molecule has 0 bridgehead atoms. The van der Waals surface area contributed by atoms with Gasteiger partial charge in [-0.05, 0) is 13.3 Å². The summed E-state index contributed by atoms with van der Waals surface area (Å²) in [6.45, 7) is 7.89. The van der Waals surface area contributed by atoms with Crippen LogP contribution in [0.2, 0.25) is 0 Å². The fraction of sp³-hybridized carbons (Fsp3) is 0.533. The highest BCUT2D eigenvalue weighted by molar-refractivity contribution is 5.59. The first-order valence-corrected chi connectivity index (χ1v) is 7.66. The van der Waals surface area contributed by atoms with Gasteiger partial charge in [-0.1, -0.05) is 13.3 Å². The van der Waals surface area contributed by atoms with E-state index in [0.29, 0.717) is 0 Å². The van der Waals surface area contributed by atoms with Gasteiger partial charge in [0.15, 0.2) is 0 Å². The minimum Gasteiger partial charge on any atom is -0.370 e. The molecule has 6 heteroatoms. The Bertz CT molecular complexity index is 606. The second kappa shape index (κ2) is 6.11. The maximum Gasteiger partial charge on any atom is 0.137 e. The molecule has 2 aromatic heterocycles. The summed E-state index contributed by atoms with van der Waals surface area (Å²) >= 11 is 0. The number of hydrogen-bond acceptors (Lipinski definition) is 5. The van der Waals surface area contributed by atoms with Crippen LogP contribution < -0.4 is 10.2 Å². The highest BCUT2D eigenvalue weighted by atomic mass is 15.3. The fourth-order valence-electron chi connectivity index (χ4n) is 2.83. The number of nitrogens with zero attached hydrogens (tertiary/aromatic N) is 5. The Balaban J connectivity index is 1.93. The summed E-state index contributed by atoms with van der Waals surface area (Å²) in [6.07, 6.45) is 7.65. The van der Waals surface area contributed by atoms with Gasteiger partial charge in [0.1, 0.15) is 23.8 Å². The van der Waals surface area contributed by atoms with Gasteiger partial charge in [0.05, 0.1) is 6.54 Å². The Kier molecular flexibility index (Phi) is 4.03. The molecule has 0 fully saturated rings. The third kappa shape index (κ3) is 2.70. The predicted molar refractivity (Wildman–Crippen MR) is 83.5 cm³/mol. The molecule has 1 aliphatic rings. The summed E-state index contributed by atoms with van der Waals surface area (Å²) in [5.41, 5.74) is 1.22. The molecule has 2 aromatic rings. The highest BCUT2D eigenvalue weighted by Gasteiger charge is 2.21. The molecule has 0 saturated heterocycles. The summed E-state index contributed by atoms with van der Waals surface area (Å²) in [6, 6.07) is 0. The Hall–Kier alpha value is -2.11. The normalized spacial score (nSPS) is 14.1. The zero-order valence-corrected chi connectivity index (χ0v) is 12.7. The fourth-order valence-corrected chi connectivity index (χ4v) is 2.83. The molecule has 0 saturated carbocycles. The van der Waals surface area contributed by atoms with E-state index in [2.05, 4.69) is 43.6 Å². The SMILES string of the molecule is CCCc1c(NCC)ncnc1N1CCn2ccnc2C1. The second-order valence-corrected chi connectivity index (χ2v) is 5.26. The van der Waals surface area contributed by atoms with Crippen molar-refractivity contribution in [2.24, 2.45) is 0 Å². The summed E-state index contributed by atoms with van der Waals surface area (Å²) < 4.78 is 2.21. The lowest BCUT2D eigenvalue weighted by Crippen LogP contribution is -2.35. The van der Waals surface area contributed by atoms with Gasteiger partial charge in [0.25, 0.3) is 0 Å². The molecule has 0 aromatic carbocycles. The molecule has 1 aliphatic heterocycles. The summed E-state index contributed by atoms with van der Waals surface area (Å²) in [7, 11) is 0. The van der Waals surface area contributed by atoms with E-state index in [1.165, 1.54) is 5.56 Å². The number of nitrogens with one attached hydrogen (secondary N) is 1. The monoisotopic (exact) mass is 286 g/mol. The van der Waals surface area contributed by atoms with E-state index in [1.807, 2.05) is 12.4 Å². The van der Waals surface area contributed by atoms with Crippen LogP contribution in [0, 0.1) is 0 Å². The van der Waals surface area contributed by atoms with Crippen LogP contribution in [0.3, 0.4) is 0 Å². The first-order chi connectivity index (χ1) is 10.3. The van der Waals surface area contributed by atoms with Crippen molar-refractivity contribution in [2.75, 3.05) is 23.3 Å². The van der Waals surface area contributed by atoms with Gasteiger partial charge in [-0.25, -0.2) is 15.0 Å². The van der Waals surface area contributed by atoms with Gasteiger partial charge in [-0.2, -0.15) is 0 Å². The van der Waals surface area contributed by atoms with Crippen molar-refractivity contribution in [3.63, 3.8) is 0 Å². The second-order valence-electron chi connectivity index (χ2n) is 5.26. The van der Waals surface area contributed by atoms with Crippen LogP contribution in [-0.2, 0) is 19.5 Å². The average molecular weight is 286 g/mol. The molecule has 21 heavy (non-hydrogen) atoms. The Morgan fingerprint density at radius 2 is 2.10 bits per heavy atom. The number of fused-ring (bicyclic) bond motifs is 1. The van der Waals surface area contributed by atoms with Crippen molar-refractivity contribution >= 4 is 11.6 Å². The van der Waals surface area contributed by atoms with E-state index in [-0.39, 0.29) is 0 Å². The van der Waals surface area contributed by atoms with Crippen LogP contribution in [0.1, 0.15) is 31.7 Å². The van der Waals surface area contributed by atoms with Gasteiger partial charge < -0.3 is 14.8 Å². The molecule has 6 nitrogen and oxygen atoms in total. The molecular formula is C15H22N6. The van der Waals surface area contributed by atoms with E-state index >= 15 is 0 Å². The minimum atomic E-state index is 0.812. The lowest BCUT2D eigenvalue weighted by atomic mass is 10.1. The van der Waals surface area contributed by atoms with E-state index in [9.17, 15) is 0 Å². The largest absolute Gasteiger partial charge is 0.370 e. The third-order valence-corrected chi connectivity index (χ3v) is 3.81. The molecule has 1 N–H and O–H groups in total. The maximum atomic E-state index is 4.56. The van der Waals surface area contributed by atoms with Crippen LogP contribution in [0.15, 0.2) is 18.7 Å². The zero-order valence-electron chi connectivity index (χ0n) is 12.7. The quantitative estimate of drug-likeness (QED) is 0.912. The third-order valence-electron chi connectivity index (χ3n) is 3.81. The summed E-state index contributed by atoms with van der Waals surface area (Å²) in [5, 5.41) is 3.36. The lowest BCUT2D eigenvalue weighted by Gasteiger charge is -2.30. The van der Waals surface area contributed by atoms with Crippen LogP contribution in [0.5, 0.6) is 0 Å². The Labute approximate surface area is 125 Å². The number of hydrogen-bond donors (Lipinski definition) is 1. The number of aromatic nitrogens is 4. The Morgan fingerprint density at radius 1 is 1.19 bits per heavy atom. The van der Waals surface area contributed by atoms with Crippen molar-refractivity contribution in [3.05, 3.63) is 30.1 Å². The smallest absolute Gasteiger partial charge is 0.137 e. The molecule has 0 spiro atoms. The van der Waals surface area contributed by atoms with E-state index in [4.69, 9.17) is 0 Å². The highest BCUT2D eigenvalue weighted by Crippen LogP contribution is 2.27. The first-order valence-electron chi connectivity index (χ1n) is 7.66. The molecule has 0 radical (unpaired) electrons. The van der Waals surface area contributed by atoms with Crippen molar-refractivity contribution in [1.82, 2.24) is 19.5 Å².